The number of hydrogen-bond acceptors (Lipinski definition) is 4. The van der Waals surface area contributed by atoms with Gasteiger partial charge in [0.2, 0.25) is 0 Å². The number of hydrogen-bond donors (Lipinski definition) is 1. The van der Waals surface area contributed by atoms with E-state index < -0.39 is 5.97 Å². The third-order valence-electron chi connectivity index (χ3n) is 6.37. The Bertz CT molecular complexity index is 1080. The molecule has 1 atom stereocenters. The molecule has 1 saturated carbocycles. The number of morpholine rings is 1. The second-order valence-electron chi connectivity index (χ2n) is 8.35. The number of benzene rings is 2. The molecule has 1 N–H and O–H groups in total. The van der Waals surface area contributed by atoms with Gasteiger partial charge in [0.15, 0.2) is 0 Å². The van der Waals surface area contributed by atoms with Gasteiger partial charge in [0, 0.05) is 36.1 Å². The van der Waals surface area contributed by atoms with Crippen LogP contribution in [0, 0.1) is 0 Å². The molecule has 0 spiro atoms. The molecule has 1 aromatic heterocycles. The monoisotopic (exact) mass is 402 g/mol. The Balaban J connectivity index is 1.46. The zero-order valence-corrected chi connectivity index (χ0v) is 17.2. The highest BCUT2D eigenvalue weighted by Gasteiger charge is 2.27. The lowest BCUT2D eigenvalue weighted by Gasteiger charge is -2.32. The van der Waals surface area contributed by atoms with Crippen LogP contribution < -0.4 is 0 Å². The lowest BCUT2D eigenvalue weighted by Crippen LogP contribution is -2.37. The summed E-state index contributed by atoms with van der Waals surface area (Å²) in [5, 5.41) is 10.5. The smallest absolute Gasteiger partial charge is 0.336 e. The molecule has 0 radical (unpaired) electrons. The van der Waals surface area contributed by atoms with Gasteiger partial charge in [-0.2, -0.15) is 0 Å². The zero-order chi connectivity index (χ0) is 20.7. The summed E-state index contributed by atoms with van der Waals surface area (Å²) in [7, 11) is 0. The highest BCUT2D eigenvalue weighted by Crippen LogP contribution is 2.40. The maximum Gasteiger partial charge on any atom is 0.336 e. The molecule has 3 aromatic rings. The second kappa shape index (κ2) is 7.82. The molecule has 1 aliphatic heterocycles. The van der Waals surface area contributed by atoms with Gasteiger partial charge in [-0.3, -0.25) is 9.88 Å². The average Bonchev–Trinajstić information content (AvgIpc) is 3.64. The van der Waals surface area contributed by atoms with Crippen molar-refractivity contribution in [2.45, 2.75) is 31.7 Å². The molecule has 5 rings (SSSR count). The molecule has 2 aliphatic rings. The molecule has 1 saturated heterocycles. The number of carboxylic acid groups (broad SMARTS) is 1. The first kappa shape index (κ1) is 19.2. The molecule has 2 heterocycles. The predicted molar refractivity (Wildman–Crippen MR) is 117 cm³/mol. The molecule has 0 amide bonds. The third-order valence-corrected chi connectivity index (χ3v) is 6.37. The Morgan fingerprint density at radius 3 is 2.43 bits per heavy atom. The number of pyridine rings is 1. The first-order valence-corrected chi connectivity index (χ1v) is 10.7. The van der Waals surface area contributed by atoms with Crippen LogP contribution in [0.25, 0.3) is 22.0 Å². The summed E-state index contributed by atoms with van der Waals surface area (Å²) in [6.45, 7) is 5.74. The summed E-state index contributed by atoms with van der Waals surface area (Å²) in [5.41, 5.74) is 5.39. The van der Waals surface area contributed by atoms with E-state index in [2.05, 4.69) is 36.1 Å². The molecular weight excluding hydrogens is 376 g/mol. The van der Waals surface area contributed by atoms with Crippen LogP contribution in [-0.4, -0.2) is 47.3 Å². The van der Waals surface area contributed by atoms with E-state index in [1.165, 1.54) is 5.56 Å². The van der Waals surface area contributed by atoms with E-state index >= 15 is 0 Å². The lowest BCUT2D eigenvalue weighted by atomic mass is 9.97. The molecule has 30 heavy (non-hydrogen) atoms. The van der Waals surface area contributed by atoms with E-state index in [4.69, 9.17) is 9.72 Å². The van der Waals surface area contributed by atoms with Crippen molar-refractivity contribution in [3.63, 3.8) is 0 Å². The second-order valence-corrected chi connectivity index (χ2v) is 8.35. The third kappa shape index (κ3) is 3.71. The van der Waals surface area contributed by atoms with Crippen LogP contribution in [0.2, 0.25) is 0 Å². The zero-order valence-electron chi connectivity index (χ0n) is 17.2. The van der Waals surface area contributed by atoms with E-state index in [0.717, 1.165) is 61.5 Å². The van der Waals surface area contributed by atoms with Crippen molar-refractivity contribution in [3.8, 4) is 11.1 Å². The summed E-state index contributed by atoms with van der Waals surface area (Å²) in [5.74, 6) is -0.468. The van der Waals surface area contributed by atoms with Gasteiger partial charge in [-0.25, -0.2) is 4.79 Å². The fourth-order valence-electron chi connectivity index (χ4n) is 4.32. The molecular formula is C25H26N2O3. The first-order chi connectivity index (χ1) is 14.6. The number of aromatic carboxylic acids is 1. The van der Waals surface area contributed by atoms with Crippen LogP contribution >= 0.6 is 0 Å². The van der Waals surface area contributed by atoms with Crippen molar-refractivity contribution in [2.75, 3.05) is 26.3 Å². The molecule has 5 heteroatoms. The molecule has 5 nitrogen and oxygen atoms in total. The van der Waals surface area contributed by atoms with Crippen molar-refractivity contribution >= 4 is 16.9 Å². The maximum absolute atomic E-state index is 11.9. The van der Waals surface area contributed by atoms with Crippen LogP contribution in [0.3, 0.4) is 0 Å². The van der Waals surface area contributed by atoms with Crippen LogP contribution in [0.4, 0.5) is 0 Å². The van der Waals surface area contributed by atoms with E-state index in [0.29, 0.717) is 22.9 Å². The standard InChI is InChI=1S/C25H26N2O3/c1-16(27-10-12-30-13-11-27)17-2-4-18(5-3-17)20-8-9-23-21(14-20)22(25(28)29)15-24(26-23)19-6-7-19/h2-5,8-9,14-16,19H,6-7,10-13H2,1H3,(H,28,29). The van der Waals surface area contributed by atoms with Gasteiger partial charge in [-0.1, -0.05) is 30.3 Å². The summed E-state index contributed by atoms with van der Waals surface area (Å²) in [4.78, 5) is 19.1. The van der Waals surface area contributed by atoms with Gasteiger partial charge in [0.25, 0.3) is 0 Å². The normalized spacial score (nSPS) is 18.4. The molecule has 2 aromatic carbocycles. The van der Waals surface area contributed by atoms with Crippen molar-refractivity contribution in [2.24, 2.45) is 0 Å². The van der Waals surface area contributed by atoms with Crippen LogP contribution in [-0.2, 0) is 4.74 Å². The fourth-order valence-corrected chi connectivity index (χ4v) is 4.32. The highest BCUT2D eigenvalue weighted by atomic mass is 16.5. The summed E-state index contributed by atoms with van der Waals surface area (Å²) >= 11 is 0. The molecule has 1 aliphatic carbocycles. The number of carbonyl (C=O) groups is 1. The fraction of sp³-hybridized carbons (Fsp3) is 0.360. The van der Waals surface area contributed by atoms with Crippen molar-refractivity contribution in [1.29, 1.82) is 0 Å². The predicted octanol–water partition coefficient (Wildman–Crippen LogP) is 4.87. The maximum atomic E-state index is 11.9. The lowest BCUT2D eigenvalue weighted by molar-refractivity contribution is 0.0198. The molecule has 2 fully saturated rings. The summed E-state index contributed by atoms with van der Waals surface area (Å²) in [6.07, 6.45) is 2.20. The van der Waals surface area contributed by atoms with Crippen molar-refractivity contribution < 1.29 is 14.6 Å². The molecule has 154 valence electrons. The van der Waals surface area contributed by atoms with E-state index in [9.17, 15) is 9.90 Å². The minimum absolute atomic E-state index is 0.348. The topological polar surface area (TPSA) is 62.7 Å². The Kier molecular flexibility index (Phi) is 5.01. The minimum Gasteiger partial charge on any atom is -0.478 e. The van der Waals surface area contributed by atoms with Crippen LogP contribution in [0.1, 0.15) is 53.3 Å². The van der Waals surface area contributed by atoms with Gasteiger partial charge in [-0.05, 0) is 54.7 Å². The van der Waals surface area contributed by atoms with Crippen LogP contribution in [0.15, 0.2) is 48.5 Å². The number of rotatable bonds is 5. The number of nitrogens with zero attached hydrogens (tertiary/aromatic N) is 2. The van der Waals surface area contributed by atoms with Gasteiger partial charge in [0.1, 0.15) is 0 Å². The Morgan fingerprint density at radius 2 is 1.77 bits per heavy atom. The number of ether oxygens (including phenoxy) is 1. The quantitative estimate of drug-likeness (QED) is 0.660. The van der Waals surface area contributed by atoms with Gasteiger partial charge >= 0.3 is 5.97 Å². The summed E-state index contributed by atoms with van der Waals surface area (Å²) < 4.78 is 5.46. The van der Waals surface area contributed by atoms with E-state index in [1.54, 1.807) is 6.07 Å². The van der Waals surface area contributed by atoms with Crippen molar-refractivity contribution in [3.05, 3.63) is 65.4 Å². The van der Waals surface area contributed by atoms with Crippen molar-refractivity contribution in [1.82, 2.24) is 9.88 Å². The van der Waals surface area contributed by atoms with Gasteiger partial charge in [-0.15, -0.1) is 0 Å². The molecule has 0 bridgehead atoms. The Labute approximate surface area is 176 Å². The highest BCUT2D eigenvalue weighted by molar-refractivity contribution is 6.03. The number of aromatic nitrogens is 1. The Morgan fingerprint density at radius 1 is 1.07 bits per heavy atom. The number of fused-ring (bicyclic) bond motifs is 1. The average molecular weight is 402 g/mol. The molecule has 1 unspecified atom stereocenters. The largest absolute Gasteiger partial charge is 0.478 e. The van der Waals surface area contributed by atoms with Gasteiger partial charge in [0.05, 0.1) is 24.3 Å². The minimum atomic E-state index is -0.892. The van der Waals surface area contributed by atoms with Gasteiger partial charge < -0.3 is 9.84 Å². The summed E-state index contributed by atoms with van der Waals surface area (Å²) in [6, 6.07) is 16.7. The SMILES string of the molecule is CC(c1ccc(-c2ccc3nc(C4CC4)cc(C(=O)O)c3c2)cc1)N1CCOCC1. The first-order valence-electron chi connectivity index (χ1n) is 10.7. The van der Waals surface area contributed by atoms with E-state index in [1.807, 2.05) is 18.2 Å². The Hall–Kier alpha value is -2.76. The van der Waals surface area contributed by atoms with Crippen LogP contribution in [0.5, 0.6) is 0 Å². The number of carboxylic acids is 1. The van der Waals surface area contributed by atoms with E-state index in [-0.39, 0.29) is 0 Å².